The molecule has 164 valence electrons. The van der Waals surface area contributed by atoms with Crippen molar-refractivity contribution in [2.45, 2.75) is 31.5 Å². The first kappa shape index (κ1) is 22.9. The number of amides is 2. The quantitative estimate of drug-likeness (QED) is 0.525. The molecule has 0 aliphatic rings. The molecule has 6 nitrogen and oxygen atoms in total. The van der Waals surface area contributed by atoms with Crippen LogP contribution in [0.15, 0.2) is 91.0 Å². The summed E-state index contributed by atoms with van der Waals surface area (Å²) in [5.41, 5.74) is 8.61. The summed E-state index contributed by atoms with van der Waals surface area (Å²) in [5.74, 6) is -0.653. The van der Waals surface area contributed by atoms with Crippen LogP contribution in [0.25, 0.3) is 0 Å². The van der Waals surface area contributed by atoms with Gasteiger partial charge in [0.25, 0.3) is 0 Å². The highest BCUT2D eigenvalue weighted by Crippen LogP contribution is 2.14. The second-order valence-electron chi connectivity index (χ2n) is 7.44. The summed E-state index contributed by atoms with van der Waals surface area (Å²) in [6, 6.07) is 25.5. The summed E-state index contributed by atoms with van der Waals surface area (Å²) in [7, 11) is 0. The molecular formula is C26H26N2O4. The molecule has 0 saturated carbocycles. The number of carbonyl (C=O) groups excluding carboxylic acids is 3. The van der Waals surface area contributed by atoms with Crippen LogP contribution in [-0.2, 0) is 33.8 Å². The van der Waals surface area contributed by atoms with Gasteiger partial charge in [0.15, 0.2) is 0 Å². The fraction of sp³-hybridized carbons (Fsp3) is 0.192. The van der Waals surface area contributed by atoms with Crippen molar-refractivity contribution in [3.8, 4) is 0 Å². The highest BCUT2D eigenvalue weighted by atomic mass is 16.6. The second-order valence-corrected chi connectivity index (χ2v) is 7.44. The second kappa shape index (κ2) is 11.6. The third-order valence-corrected chi connectivity index (χ3v) is 5.03. The van der Waals surface area contributed by atoms with Crippen molar-refractivity contribution in [3.05, 3.63) is 108 Å². The summed E-state index contributed by atoms with van der Waals surface area (Å²) in [6.45, 7) is -0.0196. The van der Waals surface area contributed by atoms with Crippen LogP contribution in [0.3, 0.4) is 0 Å². The fourth-order valence-corrected chi connectivity index (χ4v) is 3.37. The van der Waals surface area contributed by atoms with Gasteiger partial charge in [-0.1, -0.05) is 91.0 Å². The van der Waals surface area contributed by atoms with Gasteiger partial charge in [-0.05, 0) is 23.1 Å². The van der Waals surface area contributed by atoms with E-state index in [4.69, 9.17) is 10.5 Å². The Balaban J connectivity index is 1.80. The number of rotatable bonds is 9. The van der Waals surface area contributed by atoms with E-state index in [1.54, 1.807) is 0 Å². The minimum atomic E-state index is -1.03. The van der Waals surface area contributed by atoms with Crippen LogP contribution >= 0.6 is 0 Å². The molecule has 0 aliphatic carbocycles. The summed E-state index contributed by atoms with van der Waals surface area (Å²) in [4.78, 5) is 39.0. The monoisotopic (exact) mass is 430 g/mol. The van der Waals surface area contributed by atoms with Crippen LogP contribution in [0.2, 0.25) is 0 Å². The molecule has 0 unspecified atom stereocenters. The van der Waals surface area contributed by atoms with Crippen LogP contribution in [0.4, 0.5) is 4.79 Å². The molecule has 0 saturated heterocycles. The molecule has 0 aliphatic heterocycles. The Labute approximate surface area is 187 Å². The predicted octanol–water partition coefficient (Wildman–Crippen LogP) is 3.53. The largest absolute Gasteiger partial charge is 0.444 e. The van der Waals surface area contributed by atoms with E-state index in [-0.39, 0.29) is 19.4 Å². The SMILES string of the molecule is N[C@@H](Cc1ccccc1)C(=O)N(C(=O)OCc1ccccc1)[C@H](C=O)Cc1ccccc1. The molecule has 0 heterocycles. The summed E-state index contributed by atoms with van der Waals surface area (Å²) < 4.78 is 5.38. The Bertz CT molecular complexity index is 1010. The van der Waals surface area contributed by atoms with Gasteiger partial charge in [0.1, 0.15) is 18.9 Å². The standard InChI is InChI=1S/C26H26N2O4/c27-24(17-21-12-6-2-7-13-21)25(30)28(23(18-29)16-20-10-4-1-5-11-20)26(31)32-19-22-14-8-3-9-15-22/h1-15,18,23-24H,16-17,19,27H2/t23-,24-/m0/s1. The van der Waals surface area contributed by atoms with Gasteiger partial charge in [0.05, 0.1) is 6.04 Å². The molecular weight excluding hydrogens is 404 g/mol. The number of ether oxygens (including phenoxy) is 1. The topological polar surface area (TPSA) is 89.7 Å². The van der Waals surface area contributed by atoms with Crippen molar-refractivity contribution >= 4 is 18.3 Å². The summed E-state index contributed by atoms with van der Waals surface area (Å²) in [5, 5.41) is 0. The number of benzene rings is 3. The summed E-state index contributed by atoms with van der Waals surface area (Å²) in [6.07, 6.45) is 0.104. The minimum Gasteiger partial charge on any atom is -0.444 e. The van der Waals surface area contributed by atoms with Crippen molar-refractivity contribution in [2.75, 3.05) is 0 Å². The molecule has 2 N–H and O–H groups in total. The Morgan fingerprint density at radius 2 is 1.25 bits per heavy atom. The fourth-order valence-electron chi connectivity index (χ4n) is 3.37. The molecule has 0 fully saturated rings. The number of imide groups is 1. The van der Waals surface area contributed by atoms with Crippen LogP contribution in [0.5, 0.6) is 0 Å². The van der Waals surface area contributed by atoms with Gasteiger partial charge in [0, 0.05) is 6.42 Å². The molecule has 0 aromatic heterocycles. The van der Waals surface area contributed by atoms with Crippen molar-refractivity contribution < 1.29 is 19.1 Å². The van der Waals surface area contributed by atoms with Gasteiger partial charge in [0.2, 0.25) is 5.91 Å². The van der Waals surface area contributed by atoms with Gasteiger partial charge < -0.3 is 15.3 Å². The first-order valence-corrected chi connectivity index (χ1v) is 10.4. The van der Waals surface area contributed by atoms with Crippen LogP contribution < -0.4 is 5.73 Å². The number of hydrogen-bond donors (Lipinski definition) is 1. The predicted molar refractivity (Wildman–Crippen MR) is 122 cm³/mol. The number of nitrogens with zero attached hydrogens (tertiary/aromatic N) is 1. The highest BCUT2D eigenvalue weighted by Gasteiger charge is 2.34. The van der Waals surface area contributed by atoms with E-state index in [1.807, 2.05) is 91.0 Å². The van der Waals surface area contributed by atoms with E-state index in [9.17, 15) is 14.4 Å². The highest BCUT2D eigenvalue weighted by molar-refractivity contribution is 5.97. The Hall–Kier alpha value is -3.77. The van der Waals surface area contributed by atoms with Crippen molar-refractivity contribution in [2.24, 2.45) is 5.73 Å². The third-order valence-electron chi connectivity index (χ3n) is 5.03. The lowest BCUT2D eigenvalue weighted by molar-refractivity contribution is -0.135. The number of aldehydes is 1. The zero-order valence-electron chi connectivity index (χ0n) is 17.7. The molecule has 0 spiro atoms. The number of nitrogens with two attached hydrogens (primary N) is 1. The van der Waals surface area contributed by atoms with E-state index >= 15 is 0 Å². The Kier molecular flexibility index (Phi) is 8.29. The number of hydrogen-bond acceptors (Lipinski definition) is 5. The first-order valence-electron chi connectivity index (χ1n) is 10.4. The molecule has 2 amide bonds. The minimum absolute atomic E-state index is 0.0196. The molecule has 0 bridgehead atoms. The lowest BCUT2D eigenvalue weighted by atomic mass is 10.0. The molecule has 0 radical (unpaired) electrons. The van der Waals surface area contributed by atoms with Gasteiger partial charge in [-0.25, -0.2) is 9.69 Å². The molecule has 3 aromatic rings. The smallest absolute Gasteiger partial charge is 0.417 e. The van der Waals surface area contributed by atoms with Crippen LogP contribution in [0.1, 0.15) is 16.7 Å². The summed E-state index contributed by atoms with van der Waals surface area (Å²) >= 11 is 0. The van der Waals surface area contributed by atoms with Crippen molar-refractivity contribution in [1.82, 2.24) is 4.90 Å². The number of carbonyl (C=O) groups is 3. The maximum absolute atomic E-state index is 13.2. The average molecular weight is 431 g/mol. The lowest BCUT2D eigenvalue weighted by Gasteiger charge is -2.28. The van der Waals surface area contributed by atoms with Gasteiger partial charge in [-0.15, -0.1) is 0 Å². The van der Waals surface area contributed by atoms with Gasteiger partial charge in [-0.2, -0.15) is 0 Å². The Morgan fingerprint density at radius 1 is 0.781 bits per heavy atom. The van der Waals surface area contributed by atoms with Crippen LogP contribution in [0, 0.1) is 0 Å². The van der Waals surface area contributed by atoms with E-state index < -0.39 is 24.1 Å². The van der Waals surface area contributed by atoms with Gasteiger partial charge in [-0.3, -0.25) is 4.79 Å². The van der Waals surface area contributed by atoms with Crippen LogP contribution in [-0.4, -0.2) is 35.3 Å². The molecule has 3 rings (SSSR count). The van der Waals surface area contributed by atoms with E-state index in [0.29, 0.717) is 6.29 Å². The van der Waals surface area contributed by atoms with E-state index in [0.717, 1.165) is 21.6 Å². The van der Waals surface area contributed by atoms with E-state index in [1.165, 1.54) is 0 Å². The zero-order valence-corrected chi connectivity index (χ0v) is 17.7. The first-order chi connectivity index (χ1) is 15.6. The van der Waals surface area contributed by atoms with Crippen molar-refractivity contribution in [3.63, 3.8) is 0 Å². The normalized spacial score (nSPS) is 12.4. The average Bonchev–Trinajstić information content (AvgIpc) is 2.84. The maximum Gasteiger partial charge on any atom is 0.417 e. The zero-order chi connectivity index (χ0) is 22.8. The molecule has 6 heteroatoms. The van der Waals surface area contributed by atoms with Gasteiger partial charge >= 0.3 is 6.09 Å². The Morgan fingerprint density at radius 3 is 1.75 bits per heavy atom. The molecule has 3 aromatic carbocycles. The lowest BCUT2D eigenvalue weighted by Crippen LogP contribution is -2.53. The molecule has 2 atom stereocenters. The molecule has 32 heavy (non-hydrogen) atoms. The third kappa shape index (κ3) is 6.36. The van der Waals surface area contributed by atoms with Crippen molar-refractivity contribution in [1.29, 1.82) is 0 Å². The van der Waals surface area contributed by atoms with E-state index in [2.05, 4.69) is 0 Å². The maximum atomic E-state index is 13.2.